The first-order valence-electron chi connectivity index (χ1n) is 11.2. The van der Waals surface area contributed by atoms with E-state index < -0.39 is 83.7 Å². The van der Waals surface area contributed by atoms with Crippen LogP contribution < -0.4 is 10.0 Å². The molecule has 2 rings (SSSR count). The Morgan fingerprint density at radius 1 is 1.23 bits per heavy atom. The third-order valence-electron chi connectivity index (χ3n) is 4.97. The van der Waals surface area contributed by atoms with Gasteiger partial charge in [-0.3, -0.25) is 18.9 Å². The van der Waals surface area contributed by atoms with Gasteiger partial charge in [0.15, 0.2) is 11.5 Å². The van der Waals surface area contributed by atoms with Crippen LogP contribution in [0.4, 0.5) is 11.4 Å². The van der Waals surface area contributed by atoms with E-state index in [4.69, 9.17) is 21.1 Å². The molecule has 20 heteroatoms. The molecule has 1 heterocycles. The van der Waals surface area contributed by atoms with Crippen molar-refractivity contribution in [3.05, 3.63) is 33.8 Å². The Hall–Kier alpha value is -3.26. The summed E-state index contributed by atoms with van der Waals surface area (Å²) in [6.45, 7) is 2.60. The fraction of sp³-hybridized carbons (Fsp3) is 0.400. The highest BCUT2D eigenvalue weighted by molar-refractivity contribution is 7.93. The van der Waals surface area contributed by atoms with Crippen LogP contribution in [0.3, 0.4) is 0 Å². The van der Waals surface area contributed by atoms with Crippen molar-refractivity contribution in [2.75, 3.05) is 28.9 Å². The predicted molar refractivity (Wildman–Crippen MR) is 143 cm³/mol. The zero-order chi connectivity index (χ0) is 30.4. The Morgan fingerprint density at radius 3 is 2.42 bits per heavy atom. The zero-order valence-corrected chi connectivity index (χ0v) is 24.4. The molecule has 222 valence electrons. The van der Waals surface area contributed by atoms with Crippen LogP contribution >= 0.6 is 11.6 Å². The molecule has 0 fully saturated rings. The number of hydrogen-bond donors (Lipinski definition) is 4. The van der Waals surface area contributed by atoms with Crippen LogP contribution in [0.25, 0.3) is 0 Å². The van der Waals surface area contributed by atoms with Gasteiger partial charge in [0.05, 0.1) is 40.2 Å². The summed E-state index contributed by atoms with van der Waals surface area (Å²) in [6, 6.07) is 3.59. The minimum absolute atomic E-state index is 0.0200. The van der Waals surface area contributed by atoms with Gasteiger partial charge in [0.25, 0.3) is 26.0 Å². The molecule has 1 unspecified atom stereocenters. The zero-order valence-electron chi connectivity index (χ0n) is 21.1. The third-order valence-corrected chi connectivity index (χ3v) is 8.35. The van der Waals surface area contributed by atoms with Gasteiger partial charge in [-0.15, -0.1) is 0 Å². The quantitative estimate of drug-likeness (QED) is 0.136. The van der Waals surface area contributed by atoms with Crippen LogP contribution in [-0.2, 0) is 54.9 Å². The fourth-order valence-electron chi connectivity index (χ4n) is 3.10. The molecule has 1 amide bonds. The third kappa shape index (κ3) is 8.37. The van der Waals surface area contributed by atoms with Crippen molar-refractivity contribution in [1.29, 1.82) is 0 Å². The SMILES string of the molecule is CCOC(=O)C1=C(C)S(=O)(=O)N(CCS(=O)(=O)O)C(C(OC(=O)CC)C(=O)Nc2cc(N[SH](=O)=O)ccc2Cl)=N1. The van der Waals surface area contributed by atoms with E-state index >= 15 is 0 Å². The van der Waals surface area contributed by atoms with E-state index in [9.17, 15) is 44.2 Å². The lowest BCUT2D eigenvalue weighted by atomic mass is 10.2. The molecule has 0 aromatic heterocycles. The van der Waals surface area contributed by atoms with Crippen molar-refractivity contribution < 1.29 is 53.7 Å². The van der Waals surface area contributed by atoms with Gasteiger partial charge in [-0.25, -0.2) is 30.9 Å². The second-order valence-corrected chi connectivity index (χ2v) is 12.5. The second kappa shape index (κ2) is 13.4. The Morgan fingerprint density at radius 2 is 1.88 bits per heavy atom. The van der Waals surface area contributed by atoms with Gasteiger partial charge in [-0.05, 0) is 32.0 Å². The van der Waals surface area contributed by atoms with Gasteiger partial charge in [-0.2, -0.15) is 8.42 Å². The summed E-state index contributed by atoms with van der Waals surface area (Å²) in [7, 11) is -12.6. The average Bonchev–Trinajstić information content (AvgIpc) is 2.84. The number of esters is 2. The maximum atomic E-state index is 13.4. The number of hydrogen-bond acceptors (Lipinski definition) is 12. The molecule has 0 radical (unpaired) electrons. The van der Waals surface area contributed by atoms with E-state index in [1.165, 1.54) is 26.0 Å². The molecule has 3 N–H and O–H groups in total. The summed E-state index contributed by atoms with van der Waals surface area (Å²) in [6.07, 6.45) is -2.52. The van der Waals surface area contributed by atoms with Crippen LogP contribution in [0.5, 0.6) is 0 Å². The van der Waals surface area contributed by atoms with E-state index in [-0.39, 0.29) is 29.4 Å². The Labute approximate surface area is 236 Å². The van der Waals surface area contributed by atoms with Gasteiger partial charge in [-0.1, -0.05) is 18.5 Å². The number of amidine groups is 1. The summed E-state index contributed by atoms with van der Waals surface area (Å²) in [5.74, 6) is -5.55. The van der Waals surface area contributed by atoms with Gasteiger partial charge in [0.2, 0.25) is 17.0 Å². The number of thiol groups is 1. The number of nitrogens with zero attached hydrogens (tertiary/aromatic N) is 2. The van der Waals surface area contributed by atoms with Gasteiger partial charge in [0, 0.05) is 6.42 Å². The molecule has 1 aromatic rings. The highest BCUT2D eigenvalue weighted by Crippen LogP contribution is 2.29. The molecule has 1 aromatic carbocycles. The Bertz CT molecular complexity index is 1540. The fourth-order valence-corrected chi connectivity index (χ4v) is 5.57. The summed E-state index contributed by atoms with van der Waals surface area (Å²) in [5, 5.41) is 2.16. The number of carbonyl (C=O) groups is 3. The highest BCUT2D eigenvalue weighted by Gasteiger charge is 2.44. The number of halogens is 1. The van der Waals surface area contributed by atoms with E-state index in [1.807, 2.05) is 0 Å². The van der Waals surface area contributed by atoms with Crippen LogP contribution in [0.15, 0.2) is 33.8 Å². The average molecular weight is 645 g/mol. The van der Waals surface area contributed by atoms with E-state index in [1.54, 1.807) is 0 Å². The first-order valence-corrected chi connectivity index (χ1v) is 15.8. The standard InChI is InChI=1S/C20H25ClN4O12S3/c1-4-15(26)37-17(19(27)22-14-10-12(24-38(29)30)6-7-13(14)21)18-23-16(20(28)36-5-2)11(3)40(34,35)25(18)8-9-39(31,32)33/h6-7,10,17,38H,4-5,8-9H2,1-3H3,(H,22,27)(H,24,29,30)(H,31,32,33). The monoisotopic (exact) mass is 644 g/mol. The topological polar surface area (TPSA) is 232 Å². The molecule has 0 saturated heterocycles. The molecule has 16 nitrogen and oxygen atoms in total. The van der Waals surface area contributed by atoms with E-state index in [0.29, 0.717) is 4.31 Å². The number of rotatable bonds is 12. The summed E-state index contributed by atoms with van der Waals surface area (Å²) >= 11 is 6.09. The number of nitrogens with one attached hydrogen (secondary N) is 2. The molecule has 1 aliphatic rings. The summed E-state index contributed by atoms with van der Waals surface area (Å²) in [4.78, 5) is 41.4. The maximum Gasteiger partial charge on any atom is 0.358 e. The minimum Gasteiger partial charge on any atom is -0.461 e. The molecule has 0 bridgehead atoms. The minimum atomic E-state index is -4.78. The van der Waals surface area contributed by atoms with Crippen LogP contribution in [0.1, 0.15) is 27.2 Å². The number of ether oxygens (including phenoxy) is 2. The number of carbonyl (C=O) groups excluding carboxylic acids is 3. The van der Waals surface area contributed by atoms with Crippen molar-refractivity contribution in [3.63, 3.8) is 0 Å². The Kier molecular flexibility index (Phi) is 11.0. The molecule has 1 aliphatic heterocycles. The number of allylic oxidation sites excluding steroid dienone is 1. The molecule has 0 aliphatic carbocycles. The molecule has 1 atom stereocenters. The normalized spacial score (nSPS) is 15.8. The summed E-state index contributed by atoms with van der Waals surface area (Å²) in [5.41, 5.74) is -0.991. The molecule has 0 spiro atoms. The van der Waals surface area contributed by atoms with Gasteiger partial charge >= 0.3 is 11.9 Å². The van der Waals surface area contributed by atoms with Crippen molar-refractivity contribution >= 4 is 77.7 Å². The number of sulfonamides is 1. The smallest absolute Gasteiger partial charge is 0.358 e. The maximum absolute atomic E-state index is 13.4. The number of aliphatic imine (C=N–C) groups is 1. The second-order valence-electron chi connectivity index (χ2n) is 7.73. The molecule has 40 heavy (non-hydrogen) atoms. The summed E-state index contributed by atoms with van der Waals surface area (Å²) < 4.78 is 93.2. The number of benzene rings is 1. The van der Waals surface area contributed by atoms with Crippen molar-refractivity contribution in [2.45, 2.75) is 33.3 Å². The number of anilines is 2. The molecular weight excluding hydrogens is 620 g/mol. The van der Waals surface area contributed by atoms with Gasteiger partial charge < -0.3 is 14.8 Å². The first-order chi connectivity index (χ1) is 18.5. The van der Waals surface area contributed by atoms with Crippen LogP contribution in [-0.4, -0.2) is 82.8 Å². The lowest BCUT2D eigenvalue weighted by Gasteiger charge is -2.32. The van der Waals surface area contributed by atoms with Gasteiger partial charge in [0.1, 0.15) is 0 Å². The van der Waals surface area contributed by atoms with E-state index in [2.05, 4.69) is 15.0 Å². The van der Waals surface area contributed by atoms with Crippen LogP contribution in [0, 0.1) is 0 Å². The van der Waals surface area contributed by atoms with Crippen molar-refractivity contribution in [1.82, 2.24) is 4.31 Å². The first kappa shape index (κ1) is 32.9. The predicted octanol–water partition coefficient (Wildman–Crippen LogP) is 0.265. The lowest BCUT2D eigenvalue weighted by Crippen LogP contribution is -2.53. The molecular formula is C20H25ClN4O12S3. The Balaban J connectivity index is 2.71. The highest BCUT2D eigenvalue weighted by atomic mass is 35.5. The lowest BCUT2D eigenvalue weighted by molar-refractivity contribution is -0.150. The van der Waals surface area contributed by atoms with Crippen molar-refractivity contribution in [2.24, 2.45) is 4.99 Å². The van der Waals surface area contributed by atoms with E-state index in [0.717, 1.165) is 13.0 Å². The van der Waals surface area contributed by atoms with Crippen molar-refractivity contribution in [3.8, 4) is 0 Å². The number of amides is 1. The van der Waals surface area contributed by atoms with Crippen LogP contribution in [0.2, 0.25) is 5.02 Å². The largest absolute Gasteiger partial charge is 0.461 e. The molecule has 0 saturated carbocycles.